The Bertz CT molecular complexity index is 148. The minimum atomic E-state index is 0.279. The third-order valence-corrected chi connectivity index (χ3v) is 2.38. The number of nitrogens with zero attached hydrogens (tertiary/aromatic N) is 2. The van der Waals surface area contributed by atoms with E-state index >= 15 is 0 Å². The molecule has 0 bridgehead atoms. The van der Waals surface area contributed by atoms with Gasteiger partial charge in [0.25, 0.3) is 0 Å². The number of hydrogen-bond donors (Lipinski definition) is 0. The first-order chi connectivity index (χ1) is 4.74. The van der Waals surface area contributed by atoms with Crippen LogP contribution in [0.2, 0.25) is 0 Å². The van der Waals surface area contributed by atoms with E-state index in [9.17, 15) is 0 Å². The summed E-state index contributed by atoms with van der Waals surface area (Å²) in [5.74, 6) is 0.279. The standard InChI is InChI=1S/C8H14N2/c1-7-3-4-8(5-9)6-10(7)2/h7-8H,3-4,6H2,1-2H3/t7-,8+/m0/s1. The van der Waals surface area contributed by atoms with E-state index in [-0.39, 0.29) is 5.92 Å². The van der Waals surface area contributed by atoms with E-state index in [0.29, 0.717) is 6.04 Å². The highest BCUT2D eigenvalue weighted by Crippen LogP contribution is 2.18. The van der Waals surface area contributed by atoms with Crippen LogP contribution in [0.15, 0.2) is 0 Å². The predicted molar refractivity (Wildman–Crippen MR) is 40.4 cm³/mol. The van der Waals surface area contributed by atoms with Crippen LogP contribution < -0.4 is 0 Å². The van der Waals surface area contributed by atoms with Gasteiger partial charge in [0.1, 0.15) is 0 Å². The van der Waals surface area contributed by atoms with Crippen molar-refractivity contribution in [2.75, 3.05) is 13.6 Å². The van der Waals surface area contributed by atoms with Crippen molar-refractivity contribution in [3.8, 4) is 6.07 Å². The van der Waals surface area contributed by atoms with Crippen LogP contribution in [0.5, 0.6) is 0 Å². The molecule has 0 saturated carbocycles. The Balaban J connectivity index is 2.42. The lowest BCUT2D eigenvalue weighted by Crippen LogP contribution is -2.38. The van der Waals surface area contributed by atoms with Gasteiger partial charge in [-0.25, -0.2) is 0 Å². The zero-order chi connectivity index (χ0) is 7.56. The molecule has 2 nitrogen and oxygen atoms in total. The van der Waals surface area contributed by atoms with Crippen molar-refractivity contribution in [1.29, 1.82) is 5.26 Å². The molecule has 0 aromatic rings. The molecule has 1 saturated heterocycles. The van der Waals surface area contributed by atoms with E-state index in [1.807, 2.05) is 0 Å². The van der Waals surface area contributed by atoms with Gasteiger partial charge in [-0.3, -0.25) is 0 Å². The summed E-state index contributed by atoms with van der Waals surface area (Å²) in [7, 11) is 2.09. The van der Waals surface area contributed by atoms with Crippen LogP contribution in [-0.2, 0) is 0 Å². The maximum absolute atomic E-state index is 8.62. The summed E-state index contributed by atoms with van der Waals surface area (Å²) in [4.78, 5) is 2.26. The number of piperidine rings is 1. The molecule has 0 unspecified atom stereocenters. The average Bonchev–Trinajstić information content (AvgIpc) is 1.95. The summed E-state index contributed by atoms with van der Waals surface area (Å²) in [5, 5.41) is 8.62. The van der Waals surface area contributed by atoms with E-state index in [1.165, 1.54) is 6.42 Å². The molecule has 0 spiro atoms. The van der Waals surface area contributed by atoms with E-state index in [1.54, 1.807) is 0 Å². The third kappa shape index (κ3) is 1.48. The molecule has 1 heterocycles. The van der Waals surface area contributed by atoms with Gasteiger partial charge in [0.2, 0.25) is 0 Å². The maximum atomic E-state index is 8.62. The SMILES string of the molecule is C[C@H]1CC[C@H](C#N)CN1C. The first kappa shape index (κ1) is 7.56. The Morgan fingerprint density at radius 1 is 1.50 bits per heavy atom. The van der Waals surface area contributed by atoms with Gasteiger partial charge in [-0.05, 0) is 26.8 Å². The normalized spacial score (nSPS) is 35.3. The van der Waals surface area contributed by atoms with E-state index in [2.05, 4.69) is 24.9 Å². The quantitative estimate of drug-likeness (QED) is 0.503. The zero-order valence-electron chi connectivity index (χ0n) is 6.67. The fourth-order valence-electron chi connectivity index (χ4n) is 1.39. The molecule has 2 atom stereocenters. The molecule has 0 amide bonds. The molecule has 2 heteroatoms. The number of rotatable bonds is 0. The molecule has 1 rings (SSSR count). The minimum absolute atomic E-state index is 0.279. The van der Waals surface area contributed by atoms with E-state index < -0.39 is 0 Å². The van der Waals surface area contributed by atoms with Crippen molar-refractivity contribution in [3.05, 3.63) is 0 Å². The Morgan fingerprint density at radius 2 is 2.20 bits per heavy atom. The first-order valence-electron chi connectivity index (χ1n) is 3.84. The molecule has 0 aliphatic carbocycles. The molecule has 56 valence electrons. The highest BCUT2D eigenvalue weighted by molar-refractivity contribution is 4.89. The van der Waals surface area contributed by atoms with Crippen LogP contribution in [0, 0.1) is 17.2 Å². The van der Waals surface area contributed by atoms with Crippen molar-refractivity contribution in [2.45, 2.75) is 25.8 Å². The predicted octanol–water partition coefficient (Wildman–Crippen LogP) is 1.24. The number of hydrogen-bond acceptors (Lipinski definition) is 2. The number of likely N-dealkylation sites (tertiary alicyclic amines) is 1. The van der Waals surface area contributed by atoms with Gasteiger partial charge in [-0.15, -0.1) is 0 Å². The maximum Gasteiger partial charge on any atom is 0.0669 e. The van der Waals surface area contributed by atoms with Gasteiger partial charge in [0.05, 0.1) is 12.0 Å². The van der Waals surface area contributed by atoms with Gasteiger partial charge in [-0.1, -0.05) is 0 Å². The van der Waals surface area contributed by atoms with Crippen LogP contribution in [0.25, 0.3) is 0 Å². The van der Waals surface area contributed by atoms with E-state index in [0.717, 1.165) is 13.0 Å². The van der Waals surface area contributed by atoms with Crippen molar-refractivity contribution in [1.82, 2.24) is 4.90 Å². The van der Waals surface area contributed by atoms with Crippen LogP contribution in [-0.4, -0.2) is 24.5 Å². The lowest BCUT2D eigenvalue weighted by molar-refractivity contribution is 0.173. The van der Waals surface area contributed by atoms with Crippen molar-refractivity contribution < 1.29 is 0 Å². The Labute approximate surface area is 62.4 Å². The van der Waals surface area contributed by atoms with Gasteiger partial charge < -0.3 is 4.90 Å². The summed E-state index contributed by atoms with van der Waals surface area (Å²) in [6, 6.07) is 2.98. The molecule has 0 N–H and O–H groups in total. The van der Waals surface area contributed by atoms with Crippen LogP contribution >= 0.6 is 0 Å². The largest absolute Gasteiger partial charge is 0.302 e. The molecular formula is C8H14N2. The zero-order valence-corrected chi connectivity index (χ0v) is 6.67. The lowest BCUT2D eigenvalue weighted by atomic mass is 9.95. The molecule has 0 aromatic carbocycles. The summed E-state index contributed by atoms with van der Waals surface area (Å²) >= 11 is 0. The van der Waals surface area contributed by atoms with Crippen LogP contribution in [0.1, 0.15) is 19.8 Å². The molecule has 0 radical (unpaired) electrons. The molecule has 1 fully saturated rings. The molecular weight excluding hydrogens is 124 g/mol. The fourth-order valence-corrected chi connectivity index (χ4v) is 1.39. The average molecular weight is 138 g/mol. The monoisotopic (exact) mass is 138 g/mol. The summed E-state index contributed by atoms with van der Waals surface area (Å²) < 4.78 is 0. The Morgan fingerprint density at radius 3 is 2.70 bits per heavy atom. The smallest absolute Gasteiger partial charge is 0.0669 e. The Kier molecular flexibility index (Phi) is 2.29. The van der Waals surface area contributed by atoms with Gasteiger partial charge in [0.15, 0.2) is 0 Å². The second-order valence-corrected chi connectivity index (χ2v) is 3.19. The van der Waals surface area contributed by atoms with Crippen molar-refractivity contribution in [3.63, 3.8) is 0 Å². The summed E-state index contributed by atoms with van der Waals surface area (Å²) in [6.45, 7) is 3.17. The van der Waals surface area contributed by atoms with Gasteiger partial charge in [0, 0.05) is 12.6 Å². The van der Waals surface area contributed by atoms with Crippen molar-refractivity contribution in [2.24, 2.45) is 5.92 Å². The van der Waals surface area contributed by atoms with Gasteiger partial charge in [-0.2, -0.15) is 5.26 Å². The summed E-state index contributed by atoms with van der Waals surface area (Å²) in [5.41, 5.74) is 0. The van der Waals surface area contributed by atoms with Crippen LogP contribution in [0.3, 0.4) is 0 Å². The van der Waals surface area contributed by atoms with Gasteiger partial charge >= 0.3 is 0 Å². The molecule has 1 aliphatic rings. The summed E-state index contributed by atoms with van der Waals surface area (Å²) in [6.07, 6.45) is 2.26. The lowest BCUT2D eigenvalue weighted by Gasteiger charge is -2.32. The highest BCUT2D eigenvalue weighted by atomic mass is 15.1. The minimum Gasteiger partial charge on any atom is -0.302 e. The van der Waals surface area contributed by atoms with Crippen molar-refractivity contribution >= 4 is 0 Å². The second-order valence-electron chi connectivity index (χ2n) is 3.19. The molecule has 0 aromatic heterocycles. The molecule has 1 aliphatic heterocycles. The van der Waals surface area contributed by atoms with E-state index in [4.69, 9.17) is 5.26 Å². The second kappa shape index (κ2) is 3.03. The molecule has 10 heavy (non-hydrogen) atoms. The number of nitriles is 1. The Hall–Kier alpha value is -0.550. The highest BCUT2D eigenvalue weighted by Gasteiger charge is 2.21. The topological polar surface area (TPSA) is 27.0 Å². The fraction of sp³-hybridized carbons (Fsp3) is 0.875. The first-order valence-corrected chi connectivity index (χ1v) is 3.84. The third-order valence-electron chi connectivity index (χ3n) is 2.38. The van der Waals surface area contributed by atoms with Crippen LogP contribution in [0.4, 0.5) is 0 Å².